The summed E-state index contributed by atoms with van der Waals surface area (Å²) in [7, 11) is 0. The quantitative estimate of drug-likeness (QED) is 0.716. The molecule has 0 radical (unpaired) electrons. The van der Waals surface area contributed by atoms with Crippen LogP contribution in [0.1, 0.15) is 31.7 Å². The maximum atomic E-state index is 5.75. The topological polar surface area (TPSA) is 21.3 Å². The lowest BCUT2D eigenvalue weighted by atomic mass is 10.2. The van der Waals surface area contributed by atoms with E-state index in [1.807, 2.05) is 12.1 Å². The van der Waals surface area contributed by atoms with Gasteiger partial charge in [-0.3, -0.25) is 0 Å². The molecule has 20 heavy (non-hydrogen) atoms. The summed E-state index contributed by atoms with van der Waals surface area (Å²) < 4.78 is 6.92. The van der Waals surface area contributed by atoms with Gasteiger partial charge in [-0.05, 0) is 53.0 Å². The Kier molecular flexibility index (Phi) is 5.49. The smallest absolute Gasteiger partial charge is 0.121 e. The van der Waals surface area contributed by atoms with E-state index in [-0.39, 0.29) is 6.04 Å². The lowest BCUT2D eigenvalue weighted by Gasteiger charge is -2.15. The summed E-state index contributed by atoms with van der Waals surface area (Å²) in [5, 5.41) is 3.51. The van der Waals surface area contributed by atoms with E-state index in [1.54, 1.807) is 11.3 Å². The summed E-state index contributed by atoms with van der Waals surface area (Å²) in [4.78, 5) is 1.31. The van der Waals surface area contributed by atoms with Crippen LogP contribution < -0.4 is 10.1 Å². The van der Waals surface area contributed by atoms with Crippen molar-refractivity contribution in [3.05, 3.63) is 45.1 Å². The van der Waals surface area contributed by atoms with E-state index in [4.69, 9.17) is 4.74 Å². The molecule has 1 heterocycles. The average molecular weight is 354 g/mol. The van der Waals surface area contributed by atoms with Gasteiger partial charge < -0.3 is 10.1 Å². The van der Waals surface area contributed by atoms with Crippen LogP contribution in [-0.4, -0.2) is 6.61 Å². The molecule has 2 rings (SSSR count). The summed E-state index contributed by atoms with van der Waals surface area (Å²) >= 11 is 5.26. The molecule has 2 nitrogen and oxygen atoms in total. The summed E-state index contributed by atoms with van der Waals surface area (Å²) in [6.45, 7) is 7.22. The van der Waals surface area contributed by atoms with E-state index in [0.29, 0.717) is 5.92 Å². The molecular weight excluding hydrogens is 334 g/mol. The monoisotopic (exact) mass is 353 g/mol. The van der Waals surface area contributed by atoms with Crippen molar-refractivity contribution in [3.63, 3.8) is 0 Å². The van der Waals surface area contributed by atoms with Crippen LogP contribution in [0.3, 0.4) is 0 Å². The highest BCUT2D eigenvalue weighted by Crippen LogP contribution is 2.30. The number of hydrogen-bond donors (Lipinski definition) is 1. The molecule has 1 aromatic carbocycles. The zero-order chi connectivity index (χ0) is 14.5. The van der Waals surface area contributed by atoms with Crippen LogP contribution in [0.5, 0.6) is 5.75 Å². The Bertz CT molecular complexity index is 553. The predicted molar refractivity (Wildman–Crippen MR) is 90.8 cm³/mol. The molecule has 1 atom stereocenters. The molecule has 1 aromatic heterocycles. The molecule has 0 amide bonds. The van der Waals surface area contributed by atoms with Gasteiger partial charge in [0.15, 0.2) is 0 Å². The first-order valence-electron chi connectivity index (χ1n) is 6.79. The summed E-state index contributed by atoms with van der Waals surface area (Å²) in [6, 6.07) is 12.7. The lowest BCUT2D eigenvalue weighted by molar-refractivity contribution is 0.271. The molecule has 0 aliphatic carbocycles. The van der Waals surface area contributed by atoms with Gasteiger partial charge in [-0.15, -0.1) is 11.3 Å². The van der Waals surface area contributed by atoms with Gasteiger partial charge in [0, 0.05) is 16.6 Å². The van der Waals surface area contributed by atoms with E-state index in [1.165, 1.54) is 4.88 Å². The normalized spacial score (nSPS) is 12.4. The van der Waals surface area contributed by atoms with E-state index in [2.05, 4.69) is 66.3 Å². The van der Waals surface area contributed by atoms with Gasteiger partial charge in [-0.2, -0.15) is 0 Å². The second kappa shape index (κ2) is 7.14. The summed E-state index contributed by atoms with van der Waals surface area (Å²) in [6.07, 6.45) is 0. The first kappa shape index (κ1) is 15.4. The van der Waals surface area contributed by atoms with Crippen LogP contribution in [-0.2, 0) is 0 Å². The Hall–Kier alpha value is -1.000. The van der Waals surface area contributed by atoms with Crippen LogP contribution in [0.25, 0.3) is 0 Å². The van der Waals surface area contributed by atoms with E-state index in [9.17, 15) is 0 Å². The zero-order valence-corrected chi connectivity index (χ0v) is 14.4. The molecule has 0 saturated carbocycles. The average Bonchev–Trinajstić information content (AvgIpc) is 2.84. The number of rotatable bonds is 6. The third kappa shape index (κ3) is 4.53. The lowest BCUT2D eigenvalue weighted by Crippen LogP contribution is -2.06. The van der Waals surface area contributed by atoms with Crippen molar-refractivity contribution < 1.29 is 4.74 Å². The minimum Gasteiger partial charge on any atom is -0.493 e. The third-order valence-corrected chi connectivity index (χ3v) is 4.63. The van der Waals surface area contributed by atoms with Gasteiger partial charge in [0.25, 0.3) is 0 Å². The maximum Gasteiger partial charge on any atom is 0.121 e. The van der Waals surface area contributed by atoms with Crippen molar-refractivity contribution in [3.8, 4) is 5.75 Å². The van der Waals surface area contributed by atoms with E-state index >= 15 is 0 Å². The molecule has 0 bridgehead atoms. The summed E-state index contributed by atoms with van der Waals surface area (Å²) in [5.74, 6) is 1.46. The Morgan fingerprint density at radius 3 is 2.65 bits per heavy atom. The van der Waals surface area contributed by atoms with Crippen molar-refractivity contribution in [1.29, 1.82) is 0 Å². The van der Waals surface area contributed by atoms with Crippen LogP contribution in [0.2, 0.25) is 0 Å². The largest absolute Gasteiger partial charge is 0.493 e. The second-order valence-corrected chi connectivity index (χ2v) is 7.74. The molecule has 4 heteroatoms. The fraction of sp³-hybridized carbons (Fsp3) is 0.375. The first-order chi connectivity index (χ1) is 9.54. The van der Waals surface area contributed by atoms with Gasteiger partial charge >= 0.3 is 0 Å². The fourth-order valence-corrected chi connectivity index (χ4v) is 3.25. The minimum absolute atomic E-state index is 0.284. The Morgan fingerprint density at radius 1 is 1.20 bits per heavy atom. The zero-order valence-electron chi connectivity index (χ0n) is 12.0. The number of halogens is 1. The van der Waals surface area contributed by atoms with Crippen LogP contribution in [0.15, 0.2) is 40.2 Å². The molecule has 1 unspecified atom stereocenters. The highest BCUT2D eigenvalue weighted by molar-refractivity contribution is 9.11. The molecule has 0 saturated heterocycles. The Labute approximate surface area is 133 Å². The standard InChI is InChI=1S/C16H20BrNOS/c1-11(2)10-19-14-6-4-5-13(9-14)18-12(3)15-7-8-16(17)20-15/h4-9,11-12,18H,10H2,1-3H3. The van der Waals surface area contributed by atoms with Crippen molar-refractivity contribution >= 4 is 33.0 Å². The molecule has 0 fully saturated rings. The van der Waals surface area contributed by atoms with E-state index in [0.717, 1.165) is 21.8 Å². The molecule has 2 aromatic rings. The highest BCUT2D eigenvalue weighted by Gasteiger charge is 2.08. The molecular formula is C16H20BrNOS. The fourth-order valence-electron chi connectivity index (χ4n) is 1.82. The van der Waals surface area contributed by atoms with Gasteiger partial charge in [0.05, 0.1) is 16.4 Å². The van der Waals surface area contributed by atoms with Crippen LogP contribution in [0.4, 0.5) is 5.69 Å². The first-order valence-corrected chi connectivity index (χ1v) is 8.40. The Balaban J connectivity index is 2.00. The minimum atomic E-state index is 0.284. The molecule has 0 aliphatic rings. The van der Waals surface area contributed by atoms with Gasteiger partial charge in [-0.1, -0.05) is 19.9 Å². The number of anilines is 1. The highest BCUT2D eigenvalue weighted by atomic mass is 79.9. The van der Waals surface area contributed by atoms with E-state index < -0.39 is 0 Å². The SMILES string of the molecule is CC(C)COc1cccc(NC(C)c2ccc(Br)s2)c1. The molecule has 108 valence electrons. The van der Waals surface area contributed by atoms with Crippen molar-refractivity contribution in [2.75, 3.05) is 11.9 Å². The van der Waals surface area contributed by atoms with Crippen molar-refractivity contribution in [1.82, 2.24) is 0 Å². The number of benzene rings is 1. The molecule has 1 N–H and O–H groups in total. The number of nitrogens with one attached hydrogen (secondary N) is 1. The van der Waals surface area contributed by atoms with Crippen LogP contribution in [0, 0.1) is 5.92 Å². The number of ether oxygens (including phenoxy) is 1. The molecule has 0 aliphatic heterocycles. The number of hydrogen-bond acceptors (Lipinski definition) is 3. The third-order valence-electron chi connectivity index (χ3n) is 2.82. The number of thiophene rings is 1. The van der Waals surface area contributed by atoms with Gasteiger partial charge in [-0.25, -0.2) is 0 Å². The maximum absolute atomic E-state index is 5.75. The Morgan fingerprint density at radius 2 is 2.00 bits per heavy atom. The van der Waals surface area contributed by atoms with Gasteiger partial charge in [0.2, 0.25) is 0 Å². The molecule has 0 spiro atoms. The van der Waals surface area contributed by atoms with Crippen molar-refractivity contribution in [2.45, 2.75) is 26.8 Å². The van der Waals surface area contributed by atoms with Crippen molar-refractivity contribution in [2.24, 2.45) is 5.92 Å². The van der Waals surface area contributed by atoms with Gasteiger partial charge in [0.1, 0.15) is 5.75 Å². The summed E-state index contributed by atoms with van der Waals surface area (Å²) in [5.41, 5.74) is 1.09. The predicted octanol–water partition coefficient (Wildman–Crippen LogP) is 5.72. The second-order valence-electron chi connectivity index (χ2n) is 5.24. The van der Waals surface area contributed by atoms with Crippen LogP contribution >= 0.6 is 27.3 Å².